The van der Waals surface area contributed by atoms with Crippen molar-refractivity contribution in [3.05, 3.63) is 76.0 Å². The first-order chi connectivity index (χ1) is 13.3. The summed E-state index contributed by atoms with van der Waals surface area (Å²) in [4.78, 5) is 18.1. The lowest BCUT2D eigenvalue weighted by Gasteiger charge is -2.15. The molecule has 2 N–H and O–H groups in total. The summed E-state index contributed by atoms with van der Waals surface area (Å²) in [5.41, 5.74) is -0.153. The van der Waals surface area contributed by atoms with E-state index < -0.39 is 22.5 Å². The number of aromatic nitrogens is 2. The number of para-hydroxylation sites is 3. The molecular weight excluding hydrogens is 375 g/mol. The number of alkyl halides is 3. The molecule has 0 saturated carbocycles. The van der Waals surface area contributed by atoms with E-state index in [-0.39, 0.29) is 17.3 Å². The van der Waals surface area contributed by atoms with Crippen molar-refractivity contribution in [3.63, 3.8) is 0 Å². The van der Waals surface area contributed by atoms with Crippen molar-refractivity contribution in [2.75, 3.05) is 10.6 Å². The van der Waals surface area contributed by atoms with Crippen LogP contribution in [0.25, 0.3) is 0 Å². The van der Waals surface area contributed by atoms with Gasteiger partial charge >= 0.3 is 6.18 Å². The molecule has 28 heavy (non-hydrogen) atoms. The predicted molar refractivity (Wildman–Crippen MR) is 97.9 cm³/mol. The Morgan fingerprint density at radius 1 is 1.00 bits per heavy atom. The van der Waals surface area contributed by atoms with E-state index in [9.17, 15) is 23.3 Å². The number of aryl methyl sites for hydroxylation is 1. The number of anilines is 4. The number of nitrogens with one attached hydrogen (secondary N) is 2. The molecule has 3 aromatic rings. The number of nitro groups is 1. The maximum Gasteiger partial charge on any atom is 0.421 e. The van der Waals surface area contributed by atoms with Gasteiger partial charge in [-0.15, -0.1) is 0 Å². The average Bonchev–Trinajstić information content (AvgIpc) is 2.63. The molecule has 0 amide bonds. The monoisotopic (exact) mass is 389 g/mol. The van der Waals surface area contributed by atoms with Gasteiger partial charge < -0.3 is 10.6 Å². The summed E-state index contributed by atoms with van der Waals surface area (Å²) in [6.07, 6.45) is -4.11. The largest absolute Gasteiger partial charge is 0.421 e. The molecule has 0 spiro atoms. The third kappa shape index (κ3) is 4.17. The topological polar surface area (TPSA) is 93.0 Å². The van der Waals surface area contributed by atoms with E-state index >= 15 is 0 Å². The van der Waals surface area contributed by atoms with Crippen LogP contribution in [0.3, 0.4) is 0 Å². The minimum atomic E-state index is -4.74. The lowest BCUT2D eigenvalue weighted by atomic mass is 10.2. The summed E-state index contributed by atoms with van der Waals surface area (Å²) < 4.78 is 40.1. The number of nitrogens with zero attached hydrogens (tertiary/aromatic N) is 3. The molecule has 7 nitrogen and oxygen atoms in total. The molecule has 0 fully saturated rings. The fourth-order valence-corrected chi connectivity index (χ4v) is 2.44. The third-order valence-corrected chi connectivity index (χ3v) is 3.84. The Kier molecular flexibility index (Phi) is 5.12. The zero-order chi connectivity index (χ0) is 20.3. The second-order valence-corrected chi connectivity index (χ2v) is 5.79. The number of hydrogen-bond acceptors (Lipinski definition) is 6. The highest BCUT2D eigenvalue weighted by molar-refractivity contribution is 5.70. The van der Waals surface area contributed by atoms with Gasteiger partial charge in [0.25, 0.3) is 5.69 Å². The molecule has 1 heterocycles. The van der Waals surface area contributed by atoms with E-state index in [4.69, 9.17) is 0 Å². The zero-order valence-electron chi connectivity index (χ0n) is 14.5. The van der Waals surface area contributed by atoms with Crippen LogP contribution in [0.2, 0.25) is 0 Å². The van der Waals surface area contributed by atoms with Crippen LogP contribution in [0.15, 0.2) is 54.7 Å². The molecule has 0 aliphatic rings. The maximum absolute atomic E-state index is 13.4. The number of nitro benzene ring substituents is 1. The molecule has 0 radical (unpaired) electrons. The van der Waals surface area contributed by atoms with Crippen molar-refractivity contribution in [1.29, 1.82) is 0 Å². The molecule has 0 unspecified atom stereocenters. The first-order valence-corrected chi connectivity index (χ1v) is 8.03. The smallest absolute Gasteiger partial charge is 0.334 e. The van der Waals surface area contributed by atoms with Gasteiger partial charge in [0.05, 0.1) is 4.92 Å². The van der Waals surface area contributed by atoms with Crippen molar-refractivity contribution >= 4 is 28.8 Å². The second kappa shape index (κ2) is 7.51. The van der Waals surface area contributed by atoms with Crippen LogP contribution in [0.5, 0.6) is 0 Å². The van der Waals surface area contributed by atoms with Crippen molar-refractivity contribution in [3.8, 4) is 0 Å². The lowest BCUT2D eigenvalue weighted by Crippen LogP contribution is -2.13. The molecule has 0 aliphatic carbocycles. The molecule has 144 valence electrons. The quantitative estimate of drug-likeness (QED) is 0.460. The third-order valence-electron chi connectivity index (χ3n) is 3.84. The second-order valence-electron chi connectivity index (χ2n) is 5.79. The minimum absolute atomic E-state index is 0.0802. The Hall–Kier alpha value is -3.69. The van der Waals surface area contributed by atoms with E-state index in [1.54, 1.807) is 12.1 Å². The normalized spacial score (nSPS) is 11.1. The molecule has 0 saturated heterocycles. The first-order valence-electron chi connectivity index (χ1n) is 8.03. The van der Waals surface area contributed by atoms with E-state index in [0.29, 0.717) is 11.9 Å². The van der Waals surface area contributed by atoms with Crippen LogP contribution in [-0.4, -0.2) is 14.9 Å². The molecule has 10 heteroatoms. The highest BCUT2D eigenvalue weighted by Gasteiger charge is 2.36. The van der Waals surface area contributed by atoms with Crippen LogP contribution in [-0.2, 0) is 6.18 Å². The number of halogens is 3. The highest BCUT2D eigenvalue weighted by Crippen LogP contribution is 2.37. The van der Waals surface area contributed by atoms with E-state index in [2.05, 4.69) is 20.6 Å². The SMILES string of the molecule is Cc1ccccc1Nc1ncc(C(F)(F)F)c(Nc2ccccc2[N+](=O)[O-])n1. The average molecular weight is 389 g/mol. The minimum Gasteiger partial charge on any atom is -0.334 e. The van der Waals surface area contributed by atoms with Gasteiger partial charge in [0.1, 0.15) is 17.1 Å². The first kappa shape index (κ1) is 19.1. The highest BCUT2D eigenvalue weighted by atomic mass is 19.4. The van der Waals surface area contributed by atoms with E-state index in [1.807, 2.05) is 19.1 Å². The van der Waals surface area contributed by atoms with Crippen LogP contribution in [0.1, 0.15) is 11.1 Å². The predicted octanol–water partition coefficient (Wildman–Crippen LogP) is 5.20. The summed E-state index contributed by atoms with van der Waals surface area (Å²) in [6.45, 7) is 1.82. The van der Waals surface area contributed by atoms with Gasteiger partial charge in [0.2, 0.25) is 5.95 Å². The molecule has 3 rings (SSSR count). The van der Waals surface area contributed by atoms with Crippen LogP contribution >= 0.6 is 0 Å². The summed E-state index contributed by atoms with van der Waals surface area (Å²) in [7, 11) is 0. The van der Waals surface area contributed by atoms with Crippen molar-refractivity contribution in [2.24, 2.45) is 0 Å². The van der Waals surface area contributed by atoms with Crippen LogP contribution < -0.4 is 10.6 Å². The number of hydrogen-bond donors (Lipinski definition) is 2. The standard InChI is InChI=1S/C18H14F3N5O2/c1-11-6-2-3-7-13(11)24-17-22-10-12(18(19,20)21)16(25-17)23-14-8-4-5-9-15(14)26(27)28/h2-10H,1H3,(H2,22,23,24,25). The summed E-state index contributed by atoms with van der Waals surface area (Å²) in [5, 5.41) is 16.4. The Bertz CT molecular complexity index is 1020. The molecule has 0 bridgehead atoms. The fourth-order valence-electron chi connectivity index (χ4n) is 2.44. The summed E-state index contributed by atoms with van der Waals surface area (Å²) >= 11 is 0. The van der Waals surface area contributed by atoms with E-state index in [0.717, 1.165) is 5.56 Å². The Balaban J connectivity index is 2.03. The van der Waals surface area contributed by atoms with Gasteiger partial charge in [0.15, 0.2) is 0 Å². The van der Waals surface area contributed by atoms with Gasteiger partial charge in [-0.2, -0.15) is 18.2 Å². The van der Waals surface area contributed by atoms with Gasteiger partial charge in [0, 0.05) is 18.0 Å². The van der Waals surface area contributed by atoms with Gasteiger partial charge in [-0.25, -0.2) is 4.98 Å². The lowest BCUT2D eigenvalue weighted by molar-refractivity contribution is -0.383. The summed E-state index contributed by atoms with van der Waals surface area (Å²) in [6, 6.07) is 12.5. The maximum atomic E-state index is 13.4. The van der Waals surface area contributed by atoms with Crippen molar-refractivity contribution < 1.29 is 18.1 Å². The van der Waals surface area contributed by atoms with Crippen molar-refractivity contribution in [1.82, 2.24) is 9.97 Å². The fraction of sp³-hybridized carbons (Fsp3) is 0.111. The summed E-state index contributed by atoms with van der Waals surface area (Å²) in [5.74, 6) is -0.670. The van der Waals surface area contributed by atoms with Gasteiger partial charge in [-0.1, -0.05) is 30.3 Å². The molecule has 0 aliphatic heterocycles. The Morgan fingerprint density at radius 3 is 2.29 bits per heavy atom. The molecular formula is C18H14F3N5O2. The zero-order valence-corrected chi connectivity index (χ0v) is 14.5. The molecule has 1 aromatic heterocycles. The van der Waals surface area contributed by atoms with Crippen molar-refractivity contribution in [2.45, 2.75) is 13.1 Å². The van der Waals surface area contributed by atoms with Crippen LogP contribution in [0.4, 0.5) is 42.0 Å². The number of benzene rings is 2. The van der Waals surface area contributed by atoms with E-state index in [1.165, 1.54) is 24.3 Å². The molecule has 0 atom stereocenters. The van der Waals surface area contributed by atoms with Crippen LogP contribution in [0, 0.1) is 17.0 Å². The Morgan fingerprint density at radius 2 is 1.64 bits per heavy atom. The molecule has 2 aromatic carbocycles. The number of rotatable bonds is 5. The Labute approximate surface area is 157 Å². The van der Waals surface area contributed by atoms with Gasteiger partial charge in [-0.05, 0) is 24.6 Å². The van der Waals surface area contributed by atoms with Gasteiger partial charge in [-0.3, -0.25) is 10.1 Å².